The number of amides is 1. The van der Waals surface area contributed by atoms with Gasteiger partial charge in [0.05, 0.1) is 5.57 Å². The second kappa shape index (κ2) is 7.27. The molecule has 2 aromatic carbocycles. The number of carbonyl (C=O) groups excluding carboxylic acids is 2. The van der Waals surface area contributed by atoms with Crippen molar-refractivity contribution in [2.45, 2.75) is 26.8 Å². The zero-order valence-corrected chi connectivity index (χ0v) is 18.0. The summed E-state index contributed by atoms with van der Waals surface area (Å²) in [5.41, 5.74) is 3.81. The maximum absolute atomic E-state index is 13.3. The second-order valence-electron chi connectivity index (χ2n) is 8.21. The molecule has 3 heterocycles. The Labute approximate surface area is 184 Å². The Hall–Kier alpha value is -4.06. The number of aryl methyl sites for hydroxylation is 3. The van der Waals surface area contributed by atoms with Gasteiger partial charge in [-0.1, -0.05) is 24.3 Å². The Morgan fingerprint density at radius 3 is 2.41 bits per heavy atom. The number of H-pyrrole nitrogens is 1. The molecule has 5 rings (SSSR count). The van der Waals surface area contributed by atoms with Gasteiger partial charge in [-0.15, -0.1) is 0 Å². The van der Waals surface area contributed by atoms with Crippen molar-refractivity contribution in [2.24, 2.45) is 0 Å². The Morgan fingerprint density at radius 2 is 1.72 bits per heavy atom. The number of aromatic nitrogens is 1. The number of hydrogen-bond acceptors (Lipinski definition) is 4. The molecule has 1 saturated heterocycles. The van der Waals surface area contributed by atoms with Gasteiger partial charge in [-0.25, -0.2) is 0 Å². The number of hydrogen-bond donors (Lipinski definition) is 2. The summed E-state index contributed by atoms with van der Waals surface area (Å²) in [6.07, 6.45) is 1.65. The number of benzene rings is 2. The van der Waals surface area contributed by atoms with E-state index in [4.69, 9.17) is 4.42 Å². The first kappa shape index (κ1) is 19.9. The molecule has 6 heteroatoms. The summed E-state index contributed by atoms with van der Waals surface area (Å²) in [4.78, 5) is 31.0. The fourth-order valence-corrected chi connectivity index (χ4v) is 4.47. The zero-order valence-electron chi connectivity index (χ0n) is 18.0. The van der Waals surface area contributed by atoms with Crippen LogP contribution in [0.3, 0.4) is 0 Å². The van der Waals surface area contributed by atoms with E-state index in [1.165, 1.54) is 4.90 Å². The van der Waals surface area contributed by atoms with Crippen LogP contribution in [0.2, 0.25) is 0 Å². The average Bonchev–Trinajstić information content (AvgIpc) is 3.43. The molecular weight excluding hydrogens is 404 g/mol. The number of carbonyl (C=O) groups is 2. The maximum atomic E-state index is 13.3. The van der Waals surface area contributed by atoms with Crippen molar-refractivity contribution in [1.29, 1.82) is 0 Å². The van der Waals surface area contributed by atoms with Crippen LogP contribution in [-0.2, 0) is 9.59 Å². The predicted octanol–water partition coefficient (Wildman–Crippen LogP) is 5.31. The summed E-state index contributed by atoms with van der Waals surface area (Å²) in [5, 5.41) is 12.1. The Morgan fingerprint density at radius 1 is 1.00 bits per heavy atom. The molecule has 32 heavy (non-hydrogen) atoms. The van der Waals surface area contributed by atoms with Crippen molar-refractivity contribution < 1.29 is 19.1 Å². The van der Waals surface area contributed by atoms with Gasteiger partial charge in [0, 0.05) is 28.4 Å². The van der Waals surface area contributed by atoms with Crippen LogP contribution in [0.15, 0.2) is 70.8 Å². The Kier molecular flexibility index (Phi) is 4.51. The lowest BCUT2D eigenvalue weighted by Gasteiger charge is -2.24. The van der Waals surface area contributed by atoms with Crippen molar-refractivity contribution in [3.05, 3.63) is 94.6 Å². The minimum absolute atomic E-state index is 0.00765. The number of nitrogens with zero attached hydrogens (tertiary/aromatic N) is 1. The van der Waals surface area contributed by atoms with E-state index in [1.807, 2.05) is 56.3 Å². The summed E-state index contributed by atoms with van der Waals surface area (Å²) in [7, 11) is 0. The molecule has 0 spiro atoms. The van der Waals surface area contributed by atoms with E-state index in [0.29, 0.717) is 22.8 Å². The predicted molar refractivity (Wildman–Crippen MR) is 122 cm³/mol. The van der Waals surface area contributed by atoms with Crippen molar-refractivity contribution in [3.63, 3.8) is 0 Å². The molecule has 1 atom stereocenters. The lowest BCUT2D eigenvalue weighted by molar-refractivity contribution is -0.132. The first-order chi connectivity index (χ1) is 15.3. The molecule has 2 N–H and O–H groups in total. The summed E-state index contributed by atoms with van der Waals surface area (Å²) in [5.74, 6) is -0.603. The van der Waals surface area contributed by atoms with Crippen LogP contribution in [0.1, 0.15) is 34.3 Å². The number of aliphatic hydroxyl groups excluding tert-OH is 1. The van der Waals surface area contributed by atoms with Gasteiger partial charge in [0.15, 0.2) is 0 Å². The Bertz CT molecular complexity index is 1400. The first-order valence-corrected chi connectivity index (χ1v) is 10.4. The summed E-state index contributed by atoms with van der Waals surface area (Å²) < 4.78 is 5.86. The number of nitrogens with one attached hydrogen (secondary N) is 1. The number of para-hydroxylation sites is 1. The molecule has 0 aliphatic carbocycles. The van der Waals surface area contributed by atoms with Crippen LogP contribution < -0.4 is 4.90 Å². The molecule has 160 valence electrons. The third kappa shape index (κ3) is 3.03. The number of ketones is 1. The molecule has 0 bridgehead atoms. The zero-order chi connectivity index (χ0) is 22.6. The second-order valence-corrected chi connectivity index (χ2v) is 8.21. The maximum Gasteiger partial charge on any atom is 0.300 e. The first-order valence-electron chi connectivity index (χ1n) is 10.4. The standard InChI is InChI=1S/C26H22N2O4/c1-14-10-15(2)12-17(11-14)28-23(21-9-8-16(3)32-21)22(25(30)26(28)31)24(29)19-13-27-20-7-5-4-6-18(19)20/h4-13,23,27,29H,1-3H3/b24-22-. The van der Waals surface area contributed by atoms with Gasteiger partial charge < -0.3 is 14.5 Å². The van der Waals surface area contributed by atoms with Gasteiger partial charge in [-0.05, 0) is 62.2 Å². The molecule has 1 unspecified atom stereocenters. The molecule has 1 fully saturated rings. The van der Waals surface area contributed by atoms with Gasteiger partial charge in [0.25, 0.3) is 11.7 Å². The SMILES string of the molecule is Cc1cc(C)cc(N2C(=O)C(=O)/C(=C(\O)c3c[nH]c4ccccc34)C2c2ccc(C)o2)c1. The fourth-order valence-electron chi connectivity index (χ4n) is 4.47. The molecule has 1 aliphatic heterocycles. The number of aliphatic hydroxyl groups is 1. The lowest BCUT2D eigenvalue weighted by atomic mass is 9.98. The Balaban J connectivity index is 1.77. The quantitative estimate of drug-likeness (QED) is 0.264. The van der Waals surface area contributed by atoms with Crippen molar-refractivity contribution in [2.75, 3.05) is 4.90 Å². The van der Waals surface area contributed by atoms with Crippen molar-refractivity contribution in [3.8, 4) is 0 Å². The van der Waals surface area contributed by atoms with E-state index >= 15 is 0 Å². The molecular formula is C26H22N2O4. The minimum Gasteiger partial charge on any atom is -0.507 e. The summed E-state index contributed by atoms with van der Waals surface area (Å²) >= 11 is 0. The van der Waals surface area contributed by atoms with Crippen LogP contribution in [0, 0.1) is 20.8 Å². The average molecular weight is 426 g/mol. The molecule has 0 radical (unpaired) electrons. The van der Waals surface area contributed by atoms with Crippen LogP contribution in [0.5, 0.6) is 0 Å². The molecule has 2 aromatic heterocycles. The molecule has 4 aromatic rings. The van der Waals surface area contributed by atoms with Crippen LogP contribution in [0.25, 0.3) is 16.7 Å². The number of furan rings is 1. The molecule has 6 nitrogen and oxygen atoms in total. The smallest absolute Gasteiger partial charge is 0.300 e. The normalized spacial score (nSPS) is 18.1. The molecule has 1 aliphatic rings. The van der Waals surface area contributed by atoms with Gasteiger partial charge >= 0.3 is 0 Å². The molecule has 1 amide bonds. The third-order valence-corrected chi connectivity index (χ3v) is 5.80. The summed E-state index contributed by atoms with van der Waals surface area (Å²) in [6, 6.07) is 15.8. The summed E-state index contributed by atoms with van der Waals surface area (Å²) in [6.45, 7) is 5.67. The van der Waals surface area contributed by atoms with E-state index in [2.05, 4.69) is 4.98 Å². The highest BCUT2D eigenvalue weighted by molar-refractivity contribution is 6.51. The van der Waals surface area contributed by atoms with Crippen LogP contribution >= 0.6 is 0 Å². The largest absolute Gasteiger partial charge is 0.507 e. The fraction of sp³-hybridized carbons (Fsp3) is 0.154. The van der Waals surface area contributed by atoms with Crippen molar-refractivity contribution in [1.82, 2.24) is 4.98 Å². The topological polar surface area (TPSA) is 86.5 Å². The van der Waals surface area contributed by atoms with Crippen molar-refractivity contribution >= 4 is 34.0 Å². The molecule has 0 saturated carbocycles. The monoisotopic (exact) mass is 426 g/mol. The van der Waals surface area contributed by atoms with E-state index in [-0.39, 0.29) is 11.3 Å². The van der Waals surface area contributed by atoms with Gasteiger partial charge in [0.1, 0.15) is 23.3 Å². The number of aromatic amines is 1. The van der Waals surface area contributed by atoms with E-state index in [1.54, 1.807) is 25.3 Å². The number of fused-ring (bicyclic) bond motifs is 1. The van der Waals surface area contributed by atoms with Gasteiger partial charge in [-0.3, -0.25) is 14.5 Å². The number of anilines is 1. The van der Waals surface area contributed by atoms with Gasteiger partial charge in [0.2, 0.25) is 0 Å². The minimum atomic E-state index is -0.876. The van der Waals surface area contributed by atoms with Crippen LogP contribution in [0.4, 0.5) is 5.69 Å². The third-order valence-electron chi connectivity index (χ3n) is 5.80. The number of Topliss-reactive ketones (excluding diaryl/α,β-unsaturated/α-hetero) is 1. The highest BCUT2D eigenvalue weighted by Crippen LogP contribution is 2.43. The van der Waals surface area contributed by atoms with Crippen LogP contribution in [-0.4, -0.2) is 21.8 Å². The van der Waals surface area contributed by atoms with E-state index < -0.39 is 17.7 Å². The number of rotatable bonds is 3. The van der Waals surface area contributed by atoms with Gasteiger partial charge in [-0.2, -0.15) is 0 Å². The lowest BCUT2D eigenvalue weighted by Crippen LogP contribution is -2.29. The van der Waals surface area contributed by atoms with E-state index in [0.717, 1.165) is 22.0 Å². The highest BCUT2D eigenvalue weighted by atomic mass is 16.3. The van der Waals surface area contributed by atoms with E-state index in [9.17, 15) is 14.7 Å². The highest BCUT2D eigenvalue weighted by Gasteiger charge is 2.48.